The summed E-state index contributed by atoms with van der Waals surface area (Å²) >= 11 is 0. The molecule has 0 saturated carbocycles. The van der Waals surface area contributed by atoms with Crippen LogP contribution in [-0.4, -0.2) is 26.2 Å². The SMILES string of the molecule is CCOP(=O)(OCC)[C@@H](NC(=O)c1ccc(OC)cc1)c1ccccc1. The molecule has 0 bridgehead atoms. The molecule has 2 rings (SSSR count). The fourth-order valence-electron chi connectivity index (χ4n) is 2.48. The summed E-state index contributed by atoms with van der Waals surface area (Å²) in [6.07, 6.45) is 0. The van der Waals surface area contributed by atoms with Crippen LogP contribution in [0.2, 0.25) is 0 Å². The number of hydrogen-bond donors (Lipinski definition) is 1. The highest BCUT2D eigenvalue weighted by atomic mass is 31.2. The van der Waals surface area contributed by atoms with E-state index in [1.54, 1.807) is 57.4 Å². The second-order valence-corrected chi connectivity index (χ2v) is 7.50. The first-order chi connectivity index (χ1) is 12.5. The van der Waals surface area contributed by atoms with E-state index in [0.29, 0.717) is 16.9 Å². The second-order valence-electron chi connectivity index (χ2n) is 5.39. The van der Waals surface area contributed by atoms with E-state index in [-0.39, 0.29) is 19.1 Å². The molecule has 0 aliphatic heterocycles. The van der Waals surface area contributed by atoms with Crippen molar-refractivity contribution in [3.63, 3.8) is 0 Å². The predicted octanol–water partition coefficient (Wildman–Crippen LogP) is 4.39. The number of methoxy groups -OCH3 is 1. The van der Waals surface area contributed by atoms with E-state index < -0.39 is 13.4 Å². The van der Waals surface area contributed by atoms with Gasteiger partial charge in [0.25, 0.3) is 5.91 Å². The van der Waals surface area contributed by atoms with Crippen molar-refractivity contribution in [2.45, 2.75) is 19.6 Å². The van der Waals surface area contributed by atoms with Crippen LogP contribution < -0.4 is 10.1 Å². The van der Waals surface area contributed by atoms with Crippen LogP contribution in [0.5, 0.6) is 5.75 Å². The highest BCUT2D eigenvalue weighted by molar-refractivity contribution is 7.54. The van der Waals surface area contributed by atoms with Crippen LogP contribution in [0.4, 0.5) is 0 Å². The summed E-state index contributed by atoms with van der Waals surface area (Å²) in [6, 6.07) is 15.7. The van der Waals surface area contributed by atoms with Crippen molar-refractivity contribution < 1.29 is 23.1 Å². The Morgan fingerprint density at radius 2 is 1.58 bits per heavy atom. The van der Waals surface area contributed by atoms with E-state index in [1.807, 2.05) is 18.2 Å². The highest BCUT2D eigenvalue weighted by Crippen LogP contribution is 2.59. The van der Waals surface area contributed by atoms with Gasteiger partial charge < -0.3 is 19.1 Å². The molecular weight excluding hydrogens is 353 g/mol. The summed E-state index contributed by atoms with van der Waals surface area (Å²) in [5.41, 5.74) is 1.07. The van der Waals surface area contributed by atoms with Gasteiger partial charge in [-0.05, 0) is 43.7 Å². The first-order valence-electron chi connectivity index (χ1n) is 8.42. The lowest BCUT2D eigenvalue weighted by atomic mass is 10.2. The van der Waals surface area contributed by atoms with E-state index in [1.165, 1.54) is 0 Å². The fourth-order valence-corrected chi connectivity index (χ4v) is 4.38. The van der Waals surface area contributed by atoms with Crippen molar-refractivity contribution in [1.82, 2.24) is 5.32 Å². The third-order valence-corrected chi connectivity index (χ3v) is 5.97. The van der Waals surface area contributed by atoms with Gasteiger partial charge in [0.1, 0.15) is 5.75 Å². The van der Waals surface area contributed by atoms with Crippen LogP contribution in [0.3, 0.4) is 0 Å². The van der Waals surface area contributed by atoms with Gasteiger partial charge in [0.2, 0.25) is 0 Å². The Morgan fingerprint density at radius 3 is 2.08 bits per heavy atom. The molecule has 0 radical (unpaired) electrons. The van der Waals surface area contributed by atoms with Gasteiger partial charge >= 0.3 is 7.60 Å². The Hall–Kier alpha value is -2.14. The Bertz CT molecular complexity index is 738. The summed E-state index contributed by atoms with van der Waals surface area (Å²) < 4.78 is 29.3. The summed E-state index contributed by atoms with van der Waals surface area (Å²) in [5.74, 6) is -0.630. The third-order valence-electron chi connectivity index (χ3n) is 3.67. The van der Waals surface area contributed by atoms with Gasteiger partial charge in [0.05, 0.1) is 20.3 Å². The van der Waals surface area contributed by atoms with Crippen molar-refractivity contribution in [3.8, 4) is 5.75 Å². The van der Waals surface area contributed by atoms with Gasteiger partial charge in [0, 0.05) is 5.56 Å². The molecular formula is C19H24NO5P. The van der Waals surface area contributed by atoms with Gasteiger partial charge in [0.15, 0.2) is 5.78 Å². The molecule has 6 nitrogen and oxygen atoms in total. The lowest BCUT2D eigenvalue weighted by Gasteiger charge is -2.27. The number of benzene rings is 2. The quantitative estimate of drug-likeness (QED) is 0.656. The molecule has 0 aliphatic rings. The molecule has 2 aromatic rings. The van der Waals surface area contributed by atoms with Gasteiger partial charge in [-0.2, -0.15) is 0 Å². The number of ether oxygens (including phenoxy) is 1. The molecule has 1 amide bonds. The lowest BCUT2D eigenvalue weighted by Crippen LogP contribution is -2.29. The molecule has 0 saturated heterocycles. The van der Waals surface area contributed by atoms with Crippen LogP contribution in [0, 0.1) is 0 Å². The standard InChI is InChI=1S/C19H24NO5P/c1-4-24-26(22,25-5-2)19(16-9-7-6-8-10-16)20-18(21)15-11-13-17(23-3)14-12-15/h6-14,19H,4-5H2,1-3H3,(H,20,21)/t19-/m1/s1. The molecule has 7 heteroatoms. The van der Waals surface area contributed by atoms with Crippen LogP contribution in [-0.2, 0) is 13.6 Å². The minimum Gasteiger partial charge on any atom is -0.497 e. The molecule has 26 heavy (non-hydrogen) atoms. The zero-order chi connectivity index (χ0) is 19.0. The van der Waals surface area contributed by atoms with Crippen LogP contribution in [0.25, 0.3) is 0 Å². The molecule has 0 unspecified atom stereocenters. The van der Waals surface area contributed by atoms with Gasteiger partial charge in [-0.3, -0.25) is 9.36 Å². The Balaban J connectivity index is 2.34. The zero-order valence-electron chi connectivity index (χ0n) is 15.2. The molecule has 0 heterocycles. The van der Waals surface area contributed by atoms with Gasteiger partial charge in [-0.25, -0.2) is 0 Å². The van der Waals surface area contributed by atoms with E-state index in [4.69, 9.17) is 13.8 Å². The first kappa shape index (κ1) is 20.2. The van der Waals surface area contributed by atoms with Crippen LogP contribution >= 0.6 is 7.60 Å². The minimum atomic E-state index is -3.60. The Morgan fingerprint density at radius 1 is 1.00 bits per heavy atom. The molecule has 0 fully saturated rings. The Kier molecular flexibility index (Phi) is 7.39. The molecule has 0 aromatic heterocycles. The smallest absolute Gasteiger partial charge is 0.357 e. The average molecular weight is 377 g/mol. The molecule has 0 spiro atoms. The number of carbonyl (C=O) groups is 1. The summed E-state index contributed by atoms with van der Waals surface area (Å²) in [5, 5.41) is 2.80. The molecule has 2 aromatic carbocycles. The summed E-state index contributed by atoms with van der Waals surface area (Å²) in [4.78, 5) is 12.7. The monoisotopic (exact) mass is 377 g/mol. The van der Waals surface area contributed by atoms with Gasteiger partial charge in [-0.1, -0.05) is 30.3 Å². The van der Waals surface area contributed by atoms with E-state index in [2.05, 4.69) is 5.32 Å². The normalized spacial score (nSPS) is 12.4. The third kappa shape index (κ3) is 4.94. The molecule has 0 aliphatic carbocycles. The lowest BCUT2D eigenvalue weighted by molar-refractivity contribution is 0.0937. The predicted molar refractivity (Wildman–Crippen MR) is 101 cm³/mol. The van der Waals surface area contributed by atoms with E-state index in [0.717, 1.165) is 0 Å². The van der Waals surface area contributed by atoms with Crippen LogP contribution in [0.1, 0.15) is 35.6 Å². The first-order valence-corrected chi connectivity index (χ1v) is 10.0. The van der Waals surface area contributed by atoms with Crippen molar-refractivity contribution in [2.75, 3.05) is 20.3 Å². The van der Waals surface area contributed by atoms with E-state index >= 15 is 0 Å². The van der Waals surface area contributed by atoms with Gasteiger partial charge in [-0.15, -0.1) is 0 Å². The summed E-state index contributed by atoms with van der Waals surface area (Å²) in [7, 11) is -2.04. The second kappa shape index (κ2) is 9.53. The maximum Gasteiger partial charge on any atom is 0.357 e. The average Bonchev–Trinajstić information content (AvgIpc) is 2.67. The van der Waals surface area contributed by atoms with Crippen molar-refractivity contribution in [1.29, 1.82) is 0 Å². The largest absolute Gasteiger partial charge is 0.497 e. The van der Waals surface area contributed by atoms with Crippen molar-refractivity contribution in [2.24, 2.45) is 0 Å². The van der Waals surface area contributed by atoms with Crippen molar-refractivity contribution >= 4 is 13.5 Å². The maximum absolute atomic E-state index is 13.3. The number of carbonyl (C=O) groups excluding carboxylic acids is 1. The molecule has 1 atom stereocenters. The molecule has 1 N–H and O–H groups in total. The Labute approximate surface area is 154 Å². The summed E-state index contributed by atoms with van der Waals surface area (Å²) in [6.45, 7) is 3.88. The fraction of sp³-hybridized carbons (Fsp3) is 0.316. The number of rotatable bonds is 9. The number of amides is 1. The molecule has 140 valence electrons. The minimum absolute atomic E-state index is 0.207. The number of nitrogens with one attached hydrogen (secondary N) is 1. The highest BCUT2D eigenvalue weighted by Gasteiger charge is 2.38. The van der Waals surface area contributed by atoms with Crippen molar-refractivity contribution in [3.05, 3.63) is 65.7 Å². The topological polar surface area (TPSA) is 73.9 Å². The zero-order valence-corrected chi connectivity index (χ0v) is 16.1. The number of hydrogen-bond acceptors (Lipinski definition) is 5. The van der Waals surface area contributed by atoms with E-state index in [9.17, 15) is 9.36 Å². The maximum atomic E-state index is 13.3. The van der Waals surface area contributed by atoms with Crippen LogP contribution in [0.15, 0.2) is 54.6 Å².